The summed E-state index contributed by atoms with van der Waals surface area (Å²) in [5.41, 5.74) is 0. The molecule has 0 unspecified atom stereocenters. The molecule has 0 atom stereocenters. The van der Waals surface area contributed by atoms with E-state index in [0.29, 0.717) is 0 Å². The van der Waals surface area contributed by atoms with E-state index in [4.69, 9.17) is 0 Å². The summed E-state index contributed by atoms with van der Waals surface area (Å²) in [6.45, 7) is 22.6. The van der Waals surface area contributed by atoms with Crippen LogP contribution in [0.4, 0.5) is 0 Å². The zero-order valence-corrected chi connectivity index (χ0v) is 22.5. The first-order chi connectivity index (χ1) is 13.4. The fourth-order valence-corrected chi connectivity index (χ4v) is 2.58. The zero-order valence-electron chi connectivity index (χ0n) is 22.5. The summed E-state index contributed by atoms with van der Waals surface area (Å²) in [4.78, 5) is 0. The van der Waals surface area contributed by atoms with Crippen LogP contribution in [-0.2, 0) is 0 Å². The Morgan fingerprint density at radius 3 is 0.643 bits per heavy atom. The summed E-state index contributed by atoms with van der Waals surface area (Å²) < 4.78 is 0. The second kappa shape index (κ2) is 37.7. The minimum atomic E-state index is 0.903. The third kappa shape index (κ3) is 63.5. The third-order valence-corrected chi connectivity index (χ3v) is 4.68. The summed E-state index contributed by atoms with van der Waals surface area (Å²) >= 11 is 0. The van der Waals surface area contributed by atoms with Gasteiger partial charge >= 0.3 is 0 Å². The molecule has 0 rings (SSSR count). The van der Waals surface area contributed by atoms with Gasteiger partial charge in [-0.1, -0.05) is 172 Å². The maximum absolute atomic E-state index is 2.27. The van der Waals surface area contributed by atoms with Gasteiger partial charge in [-0.3, -0.25) is 0 Å². The van der Waals surface area contributed by atoms with Crippen molar-refractivity contribution in [2.75, 3.05) is 0 Å². The molecule has 0 aliphatic heterocycles. The predicted octanol–water partition coefficient (Wildman–Crippen LogP) is 11.6. The monoisotopic (exact) mass is 401 g/mol. The molecule has 0 bridgehead atoms. The molecule has 0 N–H and O–H groups in total. The van der Waals surface area contributed by atoms with Crippen molar-refractivity contribution in [3.8, 4) is 0 Å². The molecule has 0 amide bonds. The molecule has 0 saturated heterocycles. The van der Waals surface area contributed by atoms with E-state index in [1.165, 1.54) is 103 Å². The van der Waals surface area contributed by atoms with E-state index in [-0.39, 0.29) is 0 Å². The average Bonchev–Trinajstić information content (AvgIpc) is 2.67. The van der Waals surface area contributed by atoms with Crippen molar-refractivity contribution in [1.29, 1.82) is 0 Å². The molecule has 0 aromatic rings. The second-order valence-electron chi connectivity index (χ2n) is 9.19. The molecular weight excluding hydrogens is 336 g/mol. The first kappa shape index (κ1) is 35.4. The maximum atomic E-state index is 2.27. The highest BCUT2D eigenvalue weighted by Gasteiger charge is 1.89. The molecule has 0 heterocycles. The fraction of sp³-hybridized carbons (Fsp3) is 1.00. The second-order valence-corrected chi connectivity index (χ2v) is 9.19. The lowest BCUT2D eigenvalue weighted by molar-refractivity contribution is 0.550. The van der Waals surface area contributed by atoms with Crippen molar-refractivity contribution in [1.82, 2.24) is 0 Å². The van der Waals surface area contributed by atoms with Crippen molar-refractivity contribution in [2.45, 2.75) is 172 Å². The van der Waals surface area contributed by atoms with E-state index in [0.717, 1.165) is 11.8 Å². The molecule has 0 spiro atoms. The molecule has 0 nitrogen and oxygen atoms in total. The topological polar surface area (TPSA) is 0 Å². The quantitative estimate of drug-likeness (QED) is 0.254. The minimum absolute atomic E-state index is 0.903. The molecule has 0 saturated carbocycles. The van der Waals surface area contributed by atoms with Gasteiger partial charge < -0.3 is 0 Å². The molecule has 0 aliphatic rings. The van der Waals surface area contributed by atoms with Crippen LogP contribution in [0.2, 0.25) is 0 Å². The van der Waals surface area contributed by atoms with Crippen LogP contribution in [-0.4, -0.2) is 0 Å². The van der Waals surface area contributed by atoms with Gasteiger partial charge in [0.05, 0.1) is 0 Å². The van der Waals surface area contributed by atoms with Gasteiger partial charge in [-0.2, -0.15) is 0 Å². The lowest BCUT2D eigenvalue weighted by atomic mass is 10.1. The highest BCUT2D eigenvalue weighted by molar-refractivity contribution is 4.43. The molecule has 0 aromatic carbocycles. The Hall–Kier alpha value is 0. The smallest absolute Gasteiger partial charge is 0.0471 e. The minimum Gasteiger partial charge on any atom is -0.0654 e. The third-order valence-electron chi connectivity index (χ3n) is 4.68. The Kier molecular flexibility index (Phi) is 47.7. The summed E-state index contributed by atoms with van der Waals surface area (Å²) in [6.07, 6.45) is 22.3. The molecular formula is C28H64. The van der Waals surface area contributed by atoms with Crippen LogP contribution in [0, 0.1) is 11.8 Å². The Morgan fingerprint density at radius 1 is 0.321 bits per heavy atom. The largest absolute Gasteiger partial charge is 0.0654 e. The van der Waals surface area contributed by atoms with Gasteiger partial charge in [0, 0.05) is 0 Å². The Morgan fingerprint density at radius 2 is 0.536 bits per heavy atom. The number of hydrogen-bond donors (Lipinski definition) is 0. The van der Waals surface area contributed by atoms with Crippen LogP contribution >= 0.6 is 0 Å². The molecule has 0 aromatic heterocycles. The lowest BCUT2D eigenvalue weighted by Gasteiger charge is -1.98. The predicted molar refractivity (Wildman–Crippen MR) is 138 cm³/mol. The lowest BCUT2D eigenvalue weighted by Crippen LogP contribution is -1.83. The first-order valence-electron chi connectivity index (χ1n) is 13.4. The molecule has 176 valence electrons. The molecule has 0 aliphatic carbocycles. The van der Waals surface area contributed by atoms with Crippen molar-refractivity contribution in [3.63, 3.8) is 0 Å². The van der Waals surface area contributed by atoms with Gasteiger partial charge in [0.25, 0.3) is 0 Å². The summed E-state index contributed by atoms with van der Waals surface area (Å²) in [5.74, 6) is 1.81. The highest BCUT2D eigenvalue weighted by atomic mass is 14.0. The Bertz CT molecular complexity index is 162. The van der Waals surface area contributed by atoms with E-state index in [2.05, 4.69) is 69.2 Å². The van der Waals surface area contributed by atoms with Crippen LogP contribution in [0.3, 0.4) is 0 Å². The van der Waals surface area contributed by atoms with E-state index >= 15 is 0 Å². The summed E-state index contributed by atoms with van der Waals surface area (Å²) in [6, 6.07) is 0. The average molecular weight is 401 g/mol. The summed E-state index contributed by atoms with van der Waals surface area (Å²) in [5, 5.41) is 0. The van der Waals surface area contributed by atoms with Gasteiger partial charge in [0.2, 0.25) is 0 Å². The molecule has 0 fully saturated rings. The first-order valence-corrected chi connectivity index (χ1v) is 13.4. The van der Waals surface area contributed by atoms with Crippen LogP contribution in [0.5, 0.6) is 0 Å². The van der Waals surface area contributed by atoms with Gasteiger partial charge in [0.1, 0.15) is 0 Å². The van der Waals surface area contributed by atoms with Gasteiger partial charge in [-0.05, 0) is 11.8 Å². The maximum Gasteiger partial charge on any atom is -0.0471 e. The van der Waals surface area contributed by atoms with Crippen LogP contribution in [0.1, 0.15) is 172 Å². The normalized spacial score (nSPS) is 9.86. The summed E-state index contributed by atoms with van der Waals surface area (Å²) in [7, 11) is 0. The van der Waals surface area contributed by atoms with Gasteiger partial charge in [-0.15, -0.1) is 0 Å². The number of rotatable bonds is 14. The van der Waals surface area contributed by atoms with Gasteiger partial charge in [0.15, 0.2) is 0 Å². The van der Waals surface area contributed by atoms with Crippen molar-refractivity contribution >= 4 is 0 Å². The molecule has 0 radical (unpaired) electrons. The molecule has 0 heteroatoms. The van der Waals surface area contributed by atoms with Crippen molar-refractivity contribution < 1.29 is 0 Å². The Balaban J connectivity index is -0.000000137. The van der Waals surface area contributed by atoms with Crippen molar-refractivity contribution in [3.05, 3.63) is 0 Å². The number of hydrogen-bond acceptors (Lipinski definition) is 0. The highest BCUT2D eigenvalue weighted by Crippen LogP contribution is 2.05. The van der Waals surface area contributed by atoms with E-state index < -0.39 is 0 Å². The van der Waals surface area contributed by atoms with Crippen LogP contribution in [0.15, 0.2) is 0 Å². The Labute approximate surface area is 184 Å². The van der Waals surface area contributed by atoms with Crippen LogP contribution in [0.25, 0.3) is 0 Å². The van der Waals surface area contributed by atoms with E-state index in [1.807, 2.05) is 0 Å². The van der Waals surface area contributed by atoms with Crippen molar-refractivity contribution in [2.24, 2.45) is 11.8 Å². The number of unbranched alkanes of at least 4 members (excludes halogenated alkanes) is 10. The standard InChI is InChI=1S/4C7H16/c2*1-4-5-6-7(2)3;2*1-3-5-7-6-4-2/h2*7H,4-6H2,1-3H3;2*3-7H2,1-2H3. The van der Waals surface area contributed by atoms with E-state index in [1.54, 1.807) is 0 Å². The van der Waals surface area contributed by atoms with Crippen LogP contribution < -0.4 is 0 Å². The molecule has 28 heavy (non-hydrogen) atoms. The SMILES string of the molecule is CCCCC(C)C.CCCCC(C)C.CCCCCCC.CCCCCCC. The van der Waals surface area contributed by atoms with E-state index in [9.17, 15) is 0 Å². The fourth-order valence-electron chi connectivity index (χ4n) is 2.58. The zero-order chi connectivity index (χ0) is 22.5. The van der Waals surface area contributed by atoms with Gasteiger partial charge in [-0.25, -0.2) is 0 Å².